The summed E-state index contributed by atoms with van der Waals surface area (Å²) >= 11 is 0. The number of hydrogen-bond donors (Lipinski definition) is 2. The van der Waals surface area contributed by atoms with Crippen LogP contribution >= 0.6 is 0 Å². The first-order valence-corrected chi connectivity index (χ1v) is 8.17. The first-order valence-electron chi connectivity index (χ1n) is 6.69. The van der Waals surface area contributed by atoms with E-state index >= 15 is 0 Å². The van der Waals surface area contributed by atoms with E-state index in [9.17, 15) is 18.0 Å². The van der Waals surface area contributed by atoms with Crippen molar-refractivity contribution in [2.24, 2.45) is 0 Å². The Bertz CT molecular complexity index is 862. The third-order valence-electron chi connectivity index (χ3n) is 3.12. The topological polar surface area (TPSA) is 123 Å². The number of carboxylic acids is 1. The Balaban J connectivity index is 2.23. The van der Waals surface area contributed by atoms with E-state index in [-0.39, 0.29) is 10.5 Å². The standard InChI is InChI=1S/C15H14N2O6S/c1-23-14(18)9-17-24(21,22)13-4-2-10(3-5-13)11-6-12(15(19)20)8-16-7-11/h2-8,17H,9H2,1H3,(H,19,20). The minimum Gasteiger partial charge on any atom is -0.478 e. The minimum absolute atomic E-state index is 0.0301. The molecule has 9 heteroatoms. The quantitative estimate of drug-likeness (QED) is 0.742. The summed E-state index contributed by atoms with van der Waals surface area (Å²) in [6.45, 7) is -0.467. The summed E-state index contributed by atoms with van der Waals surface area (Å²) < 4.78 is 30.6. The normalized spacial score (nSPS) is 11.0. The second-order valence-corrected chi connectivity index (χ2v) is 6.46. The van der Waals surface area contributed by atoms with Crippen molar-refractivity contribution < 1.29 is 27.9 Å². The zero-order valence-electron chi connectivity index (χ0n) is 12.6. The van der Waals surface area contributed by atoms with Gasteiger partial charge in [0.15, 0.2) is 0 Å². The Hall–Kier alpha value is -2.78. The van der Waals surface area contributed by atoms with Crippen LogP contribution in [0.2, 0.25) is 0 Å². The van der Waals surface area contributed by atoms with E-state index in [0.717, 1.165) is 7.11 Å². The van der Waals surface area contributed by atoms with Crippen molar-refractivity contribution >= 4 is 22.0 Å². The number of rotatable bonds is 6. The molecule has 2 N–H and O–H groups in total. The highest BCUT2D eigenvalue weighted by Crippen LogP contribution is 2.21. The monoisotopic (exact) mass is 350 g/mol. The molecule has 24 heavy (non-hydrogen) atoms. The molecule has 0 radical (unpaired) electrons. The number of ether oxygens (including phenoxy) is 1. The van der Waals surface area contributed by atoms with Gasteiger partial charge in [0.05, 0.1) is 17.6 Å². The Morgan fingerprint density at radius 1 is 1.17 bits per heavy atom. The lowest BCUT2D eigenvalue weighted by atomic mass is 10.1. The van der Waals surface area contributed by atoms with Crippen LogP contribution in [0, 0.1) is 0 Å². The van der Waals surface area contributed by atoms with Gasteiger partial charge in [-0.15, -0.1) is 0 Å². The van der Waals surface area contributed by atoms with Crippen molar-refractivity contribution in [3.8, 4) is 11.1 Å². The second kappa shape index (κ2) is 7.20. The molecule has 0 atom stereocenters. The molecule has 1 heterocycles. The van der Waals surface area contributed by atoms with Crippen LogP contribution in [0.15, 0.2) is 47.6 Å². The van der Waals surface area contributed by atoms with Crippen LogP contribution in [0.5, 0.6) is 0 Å². The molecule has 1 aromatic carbocycles. The SMILES string of the molecule is COC(=O)CNS(=O)(=O)c1ccc(-c2cncc(C(=O)O)c2)cc1. The van der Waals surface area contributed by atoms with Crippen molar-refractivity contribution in [2.75, 3.05) is 13.7 Å². The van der Waals surface area contributed by atoms with Crippen LogP contribution in [0.25, 0.3) is 11.1 Å². The molecule has 0 amide bonds. The summed E-state index contributed by atoms with van der Waals surface area (Å²) in [5, 5.41) is 8.97. The van der Waals surface area contributed by atoms with Gasteiger partial charge in [0.1, 0.15) is 6.54 Å². The Morgan fingerprint density at radius 2 is 1.83 bits per heavy atom. The molecular weight excluding hydrogens is 336 g/mol. The van der Waals surface area contributed by atoms with E-state index < -0.39 is 28.5 Å². The number of nitrogens with one attached hydrogen (secondary N) is 1. The highest BCUT2D eigenvalue weighted by Gasteiger charge is 2.16. The number of carbonyl (C=O) groups excluding carboxylic acids is 1. The molecule has 0 bridgehead atoms. The number of aromatic carboxylic acids is 1. The van der Waals surface area contributed by atoms with Crippen molar-refractivity contribution in [2.45, 2.75) is 4.90 Å². The summed E-state index contributed by atoms with van der Waals surface area (Å²) in [5.74, 6) is -1.80. The molecule has 8 nitrogen and oxygen atoms in total. The maximum Gasteiger partial charge on any atom is 0.337 e. The minimum atomic E-state index is -3.85. The summed E-state index contributed by atoms with van der Waals surface area (Å²) in [6, 6.07) is 7.18. The molecule has 2 aromatic rings. The fraction of sp³-hybridized carbons (Fsp3) is 0.133. The van der Waals surface area contributed by atoms with Crippen LogP contribution in [0.4, 0.5) is 0 Å². The van der Waals surface area contributed by atoms with Gasteiger partial charge in [0.2, 0.25) is 10.0 Å². The number of aromatic nitrogens is 1. The average molecular weight is 350 g/mol. The molecule has 0 aliphatic carbocycles. The van der Waals surface area contributed by atoms with Crippen LogP contribution in [-0.2, 0) is 19.6 Å². The van der Waals surface area contributed by atoms with Gasteiger partial charge in [0, 0.05) is 18.0 Å². The van der Waals surface area contributed by atoms with Gasteiger partial charge in [-0.25, -0.2) is 13.2 Å². The van der Waals surface area contributed by atoms with Crippen LogP contribution in [-0.4, -0.2) is 44.1 Å². The summed E-state index contributed by atoms with van der Waals surface area (Å²) in [4.78, 5) is 25.8. The van der Waals surface area contributed by atoms with E-state index in [4.69, 9.17) is 5.11 Å². The predicted molar refractivity (Wildman–Crippen MR) is 83.8 cm³/mol. The van der Waals surface area contributed by atoms with Gasteiger partial charge < -0.3 is 9.84 Å². The lowest BCUT2D eigenvalue weighted by molar-refractivity contribution is -0.139. The van der Waals surface area contributed by atoms with Gasteiger partial charge in [-0.1, -0.05) is 12.1 Å². The number of pyridine rings is 1. The third-order valence-corrected chi connectivity index (χ3v) is 4.53. The average Bonchev–Trinajstić information content (AvgIpc) is 2.60. The van der Waals surface area contributed by atoms with Gasteiger partial charge in [-0.05, 0) is 23.8 Å². The van der Waals surface area contributed by atoms with Crippen molar-refractivity contribution in [1.82, 2.24) is 9.71 Å². The van der Waals surface area contributed by atoms with Crippen molar-refractivity contribution in [3.05, 3.63) is 48.3 Å². The highest BCUT2D eigenvalue weighted by molar-refractivity contribution is 7.89. The van der Waals surface area contributed by atoms with Gasteiger partial charge >= 0.3 is 11.9 Å². The Labute approximate surface area is 138 Å². The molecular formula is C15H14N2O6S. The van der Waals surface area contributed by atoms with Gasteiger partial charge in [0.25, 0.3) is 0 Å². The largest absolute Gasteiger partial charge is 0.478 e. The zero-order valence-corrected chi connectivity index (χ0v) is 13.4. The van der Waals surface area contributed by atoms with E-state index in [1.54, 1.807) is 0 Å². The van der Waals surface area contributed by atoms with E-state index in [1.807, 2.05) is 0 Å². The first kappa shape index (κ1) is 17.6. The molecule has 126 valence electrons. The zero-order chi connectivity index (χ0) is 17.7. The predicted octanol–water partition coefficient (Wildman–Crippen LogP) is 0.898. The number of nitrogens with zero attached hydrogens (tertiary/aromatic N) is 1. The Kier molecular flexibility index (Phi) is 5.27. The molecule has 1 aromatic heterocycles. The van der Waals surface area contributed by atoms with Crippen molar-refractivity contribution in [3.63, 3.8) is 0 Å². The maximum absolute atomic E-state index is 12.0. The highest BCUT2D eigenvalue weighted by atomic mass is 32.2. The molecule has 0 aliphatic heterocycles. The first-order chi connectivity index (χ1) is 11.3. The number of esters is 1. The fourth-order valence-corrected chi connectivity index (χ4v) is 2.82. The van der Waals surface area contributed by atoms with Crippen LogP contribution < -0.4 is 4.72 Å². The molecule has 0 spiro atoms. The van der Waals surface area contributed by atoms with Crippen molar-refractivity contribution in [1.29, 1.82) is 0 Å². The van der Waals surface area contributed by atoms with E-state index in [1.165, 1.54) is 42.7 Å². The number of carbonyl (C=O) groups is 2. The van der Waals surface area contributed by atoms with E-state index in [0.29, 0.717) is 11.1 Å². The fourth-order valence-electron chi connectivity index (χ4n) is 1.85. The van der Waals surface area contributed by atoms with E-state index in [2.05, 4.69) is 14.4 Å². The molecule has 0 saturated carbocycles. The van der Waals surface area contributed by atoms with Crippen LogP contribution in [0.1, 0.15) is 10.4 Å². The molecule has 2 rings (SSSR count). The van der Waals surface area contributed by atoms with Gasteiger partial charge in [-0.3, -0.25) is 9.78 Å². The number of sulfonamides is 1. The number of hydrogen-bond acceptors (Lipinski definition) is 6. The van der Waals surface area contributed by atoms with Gasteiger partial charge in [-0.2, -0.15) is 4.72 Å². The lowest BCUT2D eigenvalue weighted by Crippen LogP contribution is -2.30. The number of carboxylic acid groups (broad SMARTS) is 1. The number of methoxy groups -OCH3 is 1. The van der Waals surface area contributed by atoms with Crippen LogP contribution in [0.3, 0.4) is 0 Å². The third kappa shape index (κ3) is 4.15. The maximum atomic E-state index is 12.0. The summed E-state index contributed by atoms with van der Waals surface area (Å²) in [6.07, 6.45) is 2.70. The molecule has 0 unspecified atom stereocenters. The Morgan fingerprint density at radius 3 is 2.42 bits per heavy atom. The summed E-state index contributed by atoms with van der Waals surface area (Å²) in [5.41, 5.74) is 1.18. The molecule has 0 fully saturated rings. The second-order valence-electron chi connectivity index (χ2n) is 4.69. The smallest absolute Gasteiger partial charge is 0.337 e. The molecule has 0 aliphatic rings. The molecule has 0 saturated heterocycles. The number of benzene rings is 1. The summed E-state index contributed by atoms with van der Waals surface area (Å²) in [7, 11) is -2.69. The lowest BCUT2D eigenvalue weighted by Gasteiger charge is -2.07.